The molecule has 8 nitrogen and oxygen atoms in total. The first-order valence-electron chi connectivity index (χ1n) is 10.0. The molecule has 4 rings (SSSR count). The van der Waals surface area contributed by atoms with E-state index in [1.54, 1.807) is 11.0 Å². The van der Waals surface area contributed by atoms with E-state index in [0.29, 0.717) is 19.4 Å². The average molecular weight is 478 g/mol. The molecule has 0 atom stereocenters. The van der Waals surface area contributed by atoms with Gasteiger partial charge in [0.2, 0.25) is 21.9 Å². The minimum atomic E-state index is -3.81. The third-order valence-electron chi connectivity index (χ3n) is 5.31. The molecule has 1 amide bonds. The number of aromatic nitrogens is 3. The summed E-state index contributed by atoms with van der Waals surface area (Å²) in [5.41, 5.74) is 1.06. The van der Waals surface area contributed by atoms with Gasteiger partial charge < -0.3 is 0 Å². The van der Waals surface area contributed by atoms with Crippen molar-refractivity contribution < 1.29 is 17.6 Å². The lowest BCUT2D eigenvalue weighted by Crippen LogP contribution is -2.41. The fourth-order valence-corrected chi connectivity index (χ4v) is 5.30. The van der Waals surface area contributed by atoms with Gasteiger partial charge in [0.25, 0.3) is 0 Å². The number of nitrogens with zero attached hydrogens (tertiary/aromatic N) is 4. The Kier molecular flexibility index (Phi) is 6.54. The molecule has 1 N–H and O–H groups in total. The van der Waals surface area contributed by atoms with Gasteiger partial charge >= 0.3 is 0 Å². The third kappa shape index (κ3) is 4.98. The highest BCUT2D eigenvalue weighted by molar-refractivity contribution is 7.89. The summed E-state index contributed by atoms with van der Waals surface area (Å²) in [7, 11) is -3.81. The third-order valence-corrected chi connectivity index (χ3v) is 7.50. The second-order valence-electron chi connectivity index (χ2n) is 7.49. The number of carbonyl (C=O) groups is 1. The molecule has 0 unspecified atom stereocenters. The predicted molar refractivity (Wildman–Crippen MR) is 117 cm³/mol. The fourth-order valence-electron chi connectivity index (χ4n) is 3.56. The van der Waals surface area contributed by atoms with Crippen LogP contribution in [0.5, 0.6) is 0 Å². The number of benzene rings is 2. The second kappa shape index (κ2) is 9.35. The maximum atomic E-state index is 13.4. The Morgan fingerprint density at radius 3 is 2.56 bits per heavy atom. The Morgan fingerprint density at radius 1 is 1.16 bits per heavy atom. The summed E-state index contributed by atoms with van der Waals surface area (Å²) in [6, 6.07) is 13.1. The Morgan fingerprint density at radius 2 is 1.88 bits per heavy atom. The highest BCUT2D eigenvalue weighted by Crippen LogP contribution is 2.27. The molecule has 0 aliphatic carbocycles. The molecule has 0 radical (unpaired) electrons. The van der Waals surface area contributed by atoms with E-state index in [2.05, 4.69) is 15.4 Å². The zero-order chi connectivity index (χ0) is 22.7. The Hall–Kier alpha value is -2.82. The Balaban J connectivity index is 1.33. The van der Waals surface area contributed by atoms with Crippen LogP contribution in [0.4, 0.5) is 10.3 Å². The quantitative estimate of drug-likeness (QED) is 0.588. The van der Waals surface area contributed by atoms with Crippen molar-refractivity contribution in [2.45, 2.75) is 24.3 Å². The van der Waals surface area contributed by atoms with Crippen LogP contribution in [0.25, 0.3) is 0 Å². The first kappa shape index (κ1) is 22.4. The first-order chi connectivity index (χ1) is 15.3. The van der Waals surface area contributed by atoms with Gasteiger partial charge in [-0.1, -0.05) is 41.9 Å². The number of halogens is 2. The summed E-state index contributed by atoms with van der Waals surface area (Å²) in [5, 5.41) is 6.73. The van der Waals surface area contributed by atoms with Crippen molar-refractivity contribution in [3.8, 4) is 0 Å². The molecule has 0 bridgehead atoms. The summed E-state index contributed by atoms with van der Waals surface area (Å²) in [5.74, 6) is -1.08. The summed E-state index contributed by atoms with van der Waals surface area (Å²) in [6.07, 6.45) is 2.25. The standard InChI is InChI=1S/C21H21ClFN5O3S/c22-18-12-17(6-7-19(18)23)32(30,31)28-10-8-16(9-11-28)20(29)25-21-24-14-27(26-21)13-15-4-2-1-3-5-15/h1-7,12,14,16H,8-11,13H2,(H,25,26,29). The van der Waals surface area contributed by atoms with Crippen LogP contribution in [0, 0.1) is 11.7 Å². The Labute approximate surface area is 190 Å². The van der Waals surface area contributed by atoms with E-state index in [1.165, 1.54) is 10.4 Å². The molecular weight excluding hydrogens is 457 g/mol. The number of anilines is 1. The first-order valence-corrected chi connectivity index (χ1v) is 11.8. The molecule has 2 aromatic carbocycles. The molecule has 11 heteroatoms. The van der Waals surface area contributed by atoms with Crippen LogP contribution < -0.4 is 5.32 Å². The maximum absolute atomic E-state index is 13.4. The summed E-state index contributed by atoms with van der Waals surface area (Å²) < 4.78 is 41.9. The number of piperidine rings is 1. The maximum Gasteiger partial charge on any atom is 0.248 e. The Bertz CT molecular complexity index is 1210. The molecule has 2 heterocycles. The highest BCUT2D eigenvalue weighted by Gasteiger charge is 2.32. The van der Waals surface area contributed by atoms with Crippen molar-refractivity contribution in [1.29, 1.82) is 0 Å². The number of sulfonamides is 1. The lowest BCUT2D eigenvalue weighted by Gasteiger charge is -2.30. The zero-order valence-electron chi connectivity index (χ0n) is 17.0. The van der Waals surface area contributed by atoms with Gasteiger partial charge in [-0.3, -0.25) is 10.1 Å². The lowest BCUT2D eigenvalue weighted by atomic mass is 9.97. The van der Waals surface area contributed by atoms with E-state index in [1.807, 2.05) is 30.3 Å². The smallest absolute Gasteiger partial charge is 0.248 e. The predicted octanol–water partition coefficient (Wildman–Crippen LogP) is 3.16. The summed E-state index contributed by atoms with van der Waals surface area (Å²) >= 11 is 5.72. The molecule has 1 fully saturated rings. The van der Waals surface area contributed by atoms with Gasteiger partial charge in [0, 0.05) is 19.0 Å². The van der Waals surface area contributed by atoms with Gasteiger partial charge in [-0.15, -0.1) is 5.10 Å². The van der Waals surface area contributed by atoms with E-state index in [4.69, 9.17) is 11.6 Å². The SMILES string of the molecule is O=C(Nc1ncn(Cc2ccccc2)n1)C1CCN(S(=O)(=O)c2ccc(F)c(Cl)c2)CC1. The molecular formula is C21H21ClFN5O3S. The van der Waals surface area contributed by atoms with E-state index < -0.39 is 15.8 Å². The molecule has 3 aromatic rings. The minimum absolute atomic E-state index is 0.0695. The summed E-state index contributed by atoms with van der Waals surface area (Å²) in [4.78, 5) is 16.7. The number of hydrogen-bond acceptors (Lipinski definition) is 5. The van der Waals surface area contributed by atoms with Crippen molar-refractivity contribution in [1.82, 2.24) is 19.1 Å². The van der Waals surface area contributed by atoms with E-state index >= 15 is 0 Å². The normalized spacial score (nSPS) is 15.6. The van der Waals surface area contributed by atoms with Crippen molar-refractivity contribution in [2.75, 3.05) is 18.4 Å². The number of nitrogens with one attached hydrogen (secondary N) is 1. The molecule has 168 valence electrons. The molecule has 32 heavy (non-hydrogen) atoms. The van der Waals surface area contributed by atoms with Crippen LogP contribution in [0.3, 0.4) is 0 Å². The number of rotatable bonds is 6. The van der Waals surface area contributed by atoms with Gasteiger partial charge in [-0.05, 0) is 36.6 Å². The van der Waals surface area contributed by atoms with Crippen molar-refractivity contribution in [2.24, 2.45) is 5.92 Å². The molecule has 1 aliphatic heterocycles. The fraction of sp³-hybridized carbons (Fsp3) is 0.286. The zero-order valence-corrected chi connectivity index (χ0v) is 18.6. The van der Waals surface area contributed by atoms with Gasteiger partial charge in [-0.2, -0.15) is 4.31 Å². The molecule has 0 spiro atoms. The summed E-state index contributed by atoms with van der Waals surface area (Å²) in [6.45, 7) is 0.879. The van der Waals surface area contributed by atoms with Crippen LogP contribution in [0.1, 0.15) is 18.4 Å². The van der Waals surface area contributed by atoms with Crippen LogP contribution >= 0.6 is 11.6 Å². The lowest BCUT2D eigenvalue weighted by molar-refractivity contribution is -0.121. The van der Waals surface area contributed by atoms with Crippen LogP contribution in [-0.2, 0) is 21.4 Å². The molecule has 1 saturated heterocycles. The number of hydrogen-bond donors (Lipinski definition) is 1. The topological polar surface area (TPSA) is 97.2 Å². The largest absolute Gasteiger partial charge is 0.293 e. The van der Waals surface area contributed by atoms with Crippen molar-refractivity contribution in [3.63, 3.8) is 0 Å². The number of amides is 1. The molecule has 1 aromatic heterocycles. The van der Waals surface area contributed by atoms with Crippen LogP contribution in [0.15, 0.2) is 59.8 Å². The average Bonchev–Trinajstić information content (AvgIpc) is 3.23. The number of carbonyl (C=O) groups excluding carboxylic acids is 1. The second-order valence-corrected chi connectivity index (χ2v) is 9.84. The van der Waals surface area contributed by atoms with Crippen molar-refractivity contribution in [3.05, 3.63) is 71.3 Å². The van der Waals surface area contributed by atoms with Gasteiger partial charge in [0.05, 0.1) is 16.5 Å². The van der Waals surface area contributed by atoms with Crippen molar-refractivity contribution >= 4 is 33.5 Å². The van der Waals surface area contributed by atoms with Gasteiger partial charge in [0.1, 0.15) is 12.1 Å². The van der Waals surface area contributed by atoms with E-state index in [-0.39, 0.29) is 40.8 Å². The molecule has 1 aliphatic rings. The minimum Gasteiger partial charge on any atom is -0.293 e. The van der Waals surface area contributed by atoms with E-state index in [0.717, 1.165) is 17.7 Å². The molecule has 0 saturated carbocycles. The van der Waals surface area contributed by atoms with E-state index in [9.17, 15) is 17.6 Å². The van der Waals surface area contributed by atoms with Gasteiger partial charge in [-0.25, -0.2) is 22.5 Å². The van der Waals surface area contributed by atoms with Gasteiger partial charge in [0.15, 0.2) is 0 Å². The highest BCUT2D eigenvalue weighted by atomic mass is 35.5. The monoisotopic (exact) mass is 477 g/mol. The van der Waals surface area contributed by atoms with Crippen LogP contribution in [0.2, 0.25) is 5.02 Å². The van der Waals surface area contributed by atoms with Crippen LogP contribution in [-0.4, -0.2) is 46.5 Å².